The van der Waals surface area contributed by atoms with Gasteiger partial charge >= 0.3 is 0 Å². The van der Waals surface area contributed by atoms with Gasteiger partial charge in [-0.3, -0.25) is 9.59 Å². The highest BCUT2D eigenvalue weighted by atomic mass is 19.1. The first-order chi connectivity index (χ1) is 16.9. The molecule has 1 fully saturated rings. The van der Waals surface area contributed by atoms with Gasteiger partial charge in [0.05, 0.1) is 5.39 Å². The van der Waals surface area contributed by atoms with Crippen LogP contribution < -0.4 is 10.7 Å². The number of amides is 1. The Morgan fingerprint density at radius 1 is 1.06 bits per heavy atom. The third kappa shape index (κ3) is 5.02. The van der Waals surface area contributed by atoms with Crippen LogP contribution in [0.1, 0.15) is 62.4 Å². The highest BCUT2D eigenvalue weighted by molar-refractivity contribution is 5.97. The lowest BCUT2D eigenvalue weighted by Crippen LogP contribution is -2.31. The number of hydrogen-bond acceptors (Lipinski definition) is 3. The minimum Gasteiger partial charge on any atom is -0.349 e. The van der Waals surface area contributed by atoms with Crippen molar-refractivity contribution in [1.82, 2.24) is 14.9 Å². The van der Waals surface area contributed by atoms with Crippen molar-refractivity contribution in [1.29, 1.82) is 0 Å². The zero-order chi connectivity index (χ0) is 25.1. The number of nitrogens with one attached hydrogen (secondary N) is 1. The molecule has 0 atom stereocenters. The maximum Gasteiger partial charge on any atom is 0.257 e. The average molecular weight is 472 g/mol. The van der Waals surface area contributed by atoms with E-state index in [2.05, 4.69) is 10.3 Å². The number of halogens is 1. The highest BCUT2D eigenvalue weighted by Crippen LogP contribution is 2.28. The fourth-order valence-electron chi connectivity index (χ4n) is 4.02. The van der Waals surface area contributed by atoms with E-state index in [1.54, 1.807) is 35.2 Å². The quantitative estimate of drug-likeness (QED) is 0.375. The molecular weight excluding hydrogens is 441 g/mol. The molecule has 0 unspecified atom stereocenters. The fraction of sp³-hybridized carbons (Fsp3) is 0.276. The highest BCUT2D eigenvalue weighted by Gasteiger charge is 2.26. The Hall–Kier alpha value is -3.80. The van der Waals surface area contributed by atoms with Crippen LogP contribution in [-0.4, -0.2) is 21.5 Å². The normalized spacial score (nSPS) is 12.9. The summed E-state index contributed by atoms with van der Waals surface area (Å²) < 4.78 is 16.4. The van der Waals surface area contributed by atoms with E-state index < -0.39 is 0 Å². The van der Waals surface area contributed by atoms with Gasteiger partial charge in [0.25, 0.3) is 5.91 Å². The summed E-state index contributed by atoms with van der Waals surface area (Å²) in [5.74, 6) is -0.504. The van der Waals surface area contributed by atoms with Crippen LogP contribution in [0.3, 0.4) is 0 Å². The second kappa shape index (κ2) is 10.2. The summed E-state index contributed by atoms with van der Waals surface area (Å²) >= 11 is 0. The van der Waals surface area contributed by atoms with Crippen LogP contribution >= 0.6 is 0 Å². The Morgan fingerprint density at radius 3 is 2.49 bits per heavy atom. The van der Waals surface area contributed by atoms with Crippen molar-refractivity contribution in [3.05, 3.63) is 94.2 Å². The molecule has 1 aliphatic carbocycles. The molecule has 1 N–H and O–H groups in total. The van der Waals surface area contributed by atoms with Crippen LogP contribution in [0.4, 0.5) is 4.39 Å². The average Bonchev–Trinajstić information content (AvgIpc) is 3.69. The minimum absolute atomic E-state index is 0.0835. The molecule has 0 saturated heterocycles. The lowest BCUT2D eigenvalue weighted by molar-refractivity contribution is 0.0949. The van der Waals surface area contributed by atoms with Crippen molar-refractivity contribution in [2.45, 2.75) is 52.5 Å². The van der Waals surface area contributed by atoms with Crippen molar-refractivity contribution in [3.63, 3.8) is 0 Å². The Bertz CT molecular complexity index is 1440. The zero-order valence-electron chi connectivity index (χ0n) is 20.5. The zero-order valence-corrected chi connectivity index (χ0v) is 20.5. The van der Waals surface area contributed by atoms with Gasteiger partial charge in [-0.25, -0.2) is 9.37 Å². The van der Waals surface area contributed by atoms with Gasteiger partial charge < -0.3 is 9.88 Å². The van der Waals surface area contributed by atoms with Crippen LogP contribution in [-0.2, 0) is 0 Å². The van der Waals surface area contributed by atoms with E-state index in [1.165, 1.54) is 0 Å². The summed E-state index contributed by atoms with van der Waals surface area (Å²) in [5, 5.41) is 3.27. The molecule has 5 nitrogen and oxygen atoms in total. The summed E-state index contributed by atoms with van der Waals surface area (Å²) in [7, 11) is 0. The molecule has 2 aromatic carbocycles. The number of aromatic nitrogens is 2. The first-order valence-corrected chi connectivity index (χ1v) is 12.1. The summed E-state index contributed by atoms with van der Waals surface area (Å²) in [4.78, 5) is 30.2. The second-order valence-corrected chi connectivity index (χ2v) is 8.81. The third-order valence-electron chi connectivity index (χ3n) is 6.00. The van der Waals surface area contributed by atoms with Crippen molar-refractivity contribution in [3.8, 4) is 16.8 Å². The molecule has 0 aliphatic heterocycles. The van der Waals surface area contributed by atoms with Crippen molar-refractivity contribution < 1.29 is 9.18 Å². The fourth-order valence-corrected chi connectivity index (χ4v) is 4.02. The number of fused-ring (bicyclic) bond motifs is 1. The monoisotopic (exact) mass is 471 g/mol. The molecule has 0 bridgehead atoms. The molecular formula is C29H30FN3O2. The van der Waals surface area contributed by atoms with E-state index in [0.29, 0.717) is 16.6 Å². The lowest BCUT2D eigenvalue weighted by Gasteiger charge is -2.14. The molecule has 0 radical (unpaired) electrons. The van der Waals surface area contributed by atoms with Gasteiger partial charge in [-0.2, -0.15) is 0 Å². The maximum atomic E-state index is 14.6. The largest absolute Gasteiger partial charge is 0.349 e. The van der Waals surface area contributed by atoms with Gasteiger partial charge in [-0.15, -0.1) is 0 Å². The molecule has 1 aliphatic rings. The molecule has 2 aromatic heterocycles. The number of pyridine rings is 2. The molecule has 5 rings (SSSR count). The van der Waals surface area contributed by atoms with Crippen LogP contribution in [0.25, 0.3) is 27.8 Å². The van der Waals surface area contributed by atoms with Crippen molar-refractivity contribution in [2.75, 3.05) is 0 Å². The van der Waals surface area contributed by atoms with E-state index in [1.807, 2.05) is 64.1 Å². The smallest absolute Gasteiger partial charge is 0.257 e. The van der Waals surface area contributed by atoms with Gasteiger partial charge in [0.2, 0.25) is 5.43 Å². The first-order valence-electron chi connectivity index (χ1n) is 12.1. The summed E-state index contributed by atoms with van der Waals surface area (Å²) in [5.41, 5.74) is 3.19. The molecule has 180 valence electrons. The summed E-state index contributed by atoms with van der Waals surface area (Å²) in [6.45, 7) is 7.92. The van der Waals surface area contributed by atoms with Gasteiger partial charge in [-0.05, 0) is 65.8 Å². The van der Waals surface area contributed by atoms with Crippen LogP contribution in [0.2, 0.25) is 0 Å². The Kier molecular flexibility index (Phi) is 7.10. The van der Waals surface area contributed by atoms with Gasteiger partial charge in [-0.1, -0.05) is 52.0 Å². The van der Waals surface area contributed by atoms with Gasteiger partial charge in [0, 0.05) is 24.1 Å². The number of benzene rings is 2. The Balaban J connectivity index is 0.00000141. The predicted octanol–water partition coefficient (Wildman–Crippen LogP) is 6.23. The van der Waals surface area contributed by atoms with E-state index >= 15 is 0 Å². The molecule has 2 heterocycles. The van der Waals surface area contributed by atoms with Crippen molar-refractivity contribution in [2.24, 2.45) is 0 Å². The number of carbonyl (C=O) groups excluding carboxylic acids is 1. The Labute approximate surface area is 204 Å². The number of nitrogens with zero attached hydrogens (tertiary/aromatic N) is 2. The molecule has 35 heavy (non-hydrogen) atoms. The standard InChI is InChI=1S/C27H24FN3O2.C2H6/c1-16(2)21-11-8-18(14-24(21)28)17-5-3-6-20(13-17)31-15-23(27(33)30-19-9-10-19)25(32)22-7-4-12-29-26(22)31;1-2/h3-8,11-16,19H,9-10H2,1-2H3,(H,30,33);1-2H3. The van der Waals surface area contributed by atoms with E-state index in [-0.39, 0.29) is 34.7 Å². The number of carbonyl (C=O) groups is 1. The predicted molar refractivity (Wildman–Crippen MR) is 139 cm³/mol. The summed E-state index contributed by atoms with van der Waals surface area (Å²) in [6, 6.07) is 16.3. The molecule has 1 amide bonds. The van der Waals surface area contributed by atoms with Crippen LogP contribution in [0.5, 0.6) is 0 Å². The lowest BCUT2D eigenvalue weighted by atomic mass is 9.98. The minimum atomic E-state index is -0.371. The van der Waals surface area contributed by atoms with E-state index in [9.17, 15) is 14.0 Å². The molecule has 0 spiro atoms. The molecule has 6 heteroatoms. The first kappa shape index (κ1) is 24.3. The van der Waals surface area contributed by atoms with E-state index in [4.69, 9.17) is 0 Å². The summed E-state index contributed by atoms with van der Waals surface area (Å²) in [6.07, 6.45) is 5.04. The topological polar surface area (TPSA) is 64.0 Å². The third-order valence-corrected chi connectivity index (χ3v) is 6.00. The molecule has 4 aromatic rings. The van der Waals surface area contributed by atoms with Crippen LogP contribution in [0, 0.1) is 5.82 Å². The van der Waals surface area contributed by atoms with Crippen LogP contribution in [0.15, 0.2) is 71.8 Å². The Morgan fingerprint density at radius 2 is 1.80 bits per heavy atom. The molecule has 1 saturated carbocycles. The SMILES string of the molecule is CC.CC(C)c1ccc(-c2cccc(-n3cc(C(=O)NC4CC4)c(=O)c4cccnc43)c2)cc1F. The second-order valence-electron chi connectivity index (χ2n) is 8.81. The number of hydrogen-bond donors (Lipinski definition) is 1. The van der Waals surface area contributed by atoms with E-state index in [0.717, 1.165) is 29.7 Å². The van der Waals surface area contributed by atoms with Crippen molar-refractivity contribution >= 4 is 16.9 Å². The maximum absolute atomic E-state index is 14.6. The van der Waals surface area contributed by atoms with Gasteiger partial charge in [0.15, 0.2) is 0 Å². The number of rotatable bonds is 5. The van der Waals surface area contributed by atoms with Gasteiger partial charge in [0.1, 0.15) is 17.0 Å².